The normalized spacial score (nSPS) is 12.7. The van der Waals surface area contributed by atoms with E-state index in [1.54, 1.807) is 37.3 Å². The first-order chi connectivity index (χ1) is 11.3. The molecule has 0 aromatic heterocycles. The van der Waals surface area contributed by atoms with Crippen molar-refractivity contribution in [3.8, 4) is 0 Å². The molecule has 0 fully saturated rings. The summed E-state index contributed by atoms with van der Waals surface area (Å²) in [6.07, 6.45) is -4.19. The molecule has 24 heavy (non-hydrogen) atoms. The molecular weight excluding hydrogens is 319 g/mol. The molecule has 0 aliphatic rings. The number of amides is 1. The van der Waals surface area contributed by atoms with Gasteiger partial charge in [-0.3, -0.25) is 4.79 Å². The van der Waals surface area contributed by atoms with E-state index in [2.05, 4.69) is 5.32 Å². The minimum absolute atomic E-state index is 0.135. The molecule has 1 atom stereocenters. The molecule has 3 nitrogen and oxygen atoms in total. The van der Waals surface area contributed by atoms with Crippen LogP contribution < -0.4 is 5.32 Å². The van der Waals surface area contributed by atoms with Crippen LogP contribution in [0.3, 0.4) is 0 Å². The summed E-state index contributed by atoms with van der Waals surface area (Å²) in [7, 11) is 0. The number of hydrogen-bond donors (Lipinski definition) is 2. The van der Waals surface area contributed by atoms with Crippen LogP contribution in [0, 0.1) is 5.92 Å². The summed E-state index contributed by atoms with van der Waals surface area (Å²) in [6, 6.07) is 11.8. The lowest BCUT2D eigenvalue weighted by molar-refractivity contribution is -0.137. The molecule has 2 rings (SSSR count). The maximum absolute atomic E-state index is 12.7. The maximum atomic E-state index is 12.7. The lowest BCUT2D eigenvalue weighted by atomic mass is 9.98. The SMILES string of the molecule is CC(Cc1cccc(C(F)(F)F)c1)C(=O)Nc1cccc(CO)c1. The van der Waals surface area contributed by atoms with E-state index in [0.29, 0.717) is 16.8 Å². The zero-order valence-corrected chi connectivity index (χ0v) is 13.1. The topological polar surface area (TPSA) is 49.3 Å². The van der Waals surface area contributed by atoms with Crippen molar-refractivity contribution in [1.29, 1.82) is 0 Å². The fourth-order valence-electron chi connectivity index (χ4n) is 2.33. The molecule has 1 amide bonds. The van der Waals surface area contributed by atoms with E-state index in [0.717, 1.165) is 12.1 Å². The van der Waals surface area contributed by atoms with Gasteiger partial charge in [0.1, 0.15) is 0 Å². The fourth-order valence-corrected chi connectivity index (χ4v) is 2.33. The van der Waals surface area contributed by atoms with E-state index in [1.807, 2.05) is 0 Å². The minimum Gasteiger partial charge on any atom is -0.392 e. The number of aliphatic hydroxyl groups excluding tert-OH is 1. The number of benzene rings is 2. The van der Waals surface area contributed by atoms with Crippen LogP contribution in [0.15, 0.2) is 48.5 Å². The van der Waals surface area contributed by atoms with Gasteiger partial charge in [-0.2, -0.15) is 13.2 Å². The second-order valence-corrected chi connectivity index (χ2v) is 5.65. The molecule has 2 aromatic rings. The van der Waals surface area contributed by atoms with Gasteiger partial charge < -0.3 is 10.4 Å². The highest BCUT2D eigenvalue weighted by molar-refractivity contribution is 5.92. The Hall–Kier alpha value is -2.34. The van der Waals surface area contributed by atoms with E-state index in [9.17, 15) is 18.0 Å². The number of carbonyl (C=O) groups excluding carboxylic acids is 1. The van der Waals surface area contributed by atoms with E-state index in [-0.39, 0.29) is 18.9 Å². The van der Waals surface area contributed by atoms with Crippen molar-refractivity contribution in [2.75, 3.05) is 5.32 Å². The molecule has 0 spiro atoms. The number of carbonyl (C=O) groups is 1. The Bertz CT molecular complexity index is 713. The number of aliphatic hydroxyl groups is 1. The van der Waals surface area contributed by atoms with Crippen LogP contribution in [0.5, 0.6) is 0 Å². The highest BCUT2D eigenvalue weighted by Crippen LogP contribution is 2.30. The summed E-state index contributed by atoms with van der Waals surface area (Å²) in [5.74, 6) is -0.784. The predicted molar refractivity (Wildman–Crippen MR) is 85.3 cm³/mol. The van der Waals surface area contributed by atoms with Crippen LogP contribution in [0.25, 0.3) is 0 Å². The van der Waals surface area contributed by atoms with Crippen molar-refractivity contribution in [3.63, 3.8) is 0 Å². The quantitative estimate of drug-likeness (QED) is 0.866. The molecular formula is C18H18F3NO2. The van der Waals surface area contributed by atoms with Gasteiger partial charge in [0.05, 0.1) is 12.2 Å². The lowest BCUT2D eigenvalue weighted by Gasteiger charge is -2.14. The molecule has 6 heteroatoms. The Morgan fingerprint density at radius 2 is 1.79 bits per heavy atom. The van der Waals surface area contributed by atoms with Gasteiger partial charge in [0.25, 0.3) is 0 Å². The van der Waals surface area contributed by atoms with Gasteiger partial charge in [0.2, 0.25) is 5.91 Å². The number of alkyl halides is 3. The molecule has 0 heterocycles. The molecule has 128 valence electrons. The van der Waals surface area contributed by atoms with E-state index in [4.69, 9.17) is 5.11 Å². The molecule has 0 saturated heterocycles. The first kappa shape index (κ1) is 18.0. The van der Waals surface area contributed by atoms with Gasteiger partial charge in [0, 0.05) is 11.6 Å². The van der Waals surface area contributed by atoms with Crippen LogP contribution >= 0.6 is 0 Å². The molecule has 2 N–H and O–H groups in total. The van der Waals surface area contributed by atoms with Gasteiger partial charge >= 0.3 is 6.18 Å². The van der Waals surface area contributed by atoms with Crippen molar-refractivity contribution in [2.45, 2.75) is 26.1 Å². The molecule has 0 bridgehead atoms. The third-order valence-electron chi connectivity index (χ3n) is 3.62. The fraction of sp³-hybridized carbons (Fsp3) is 0.278. The Morgan fingerprint density at radius 1 is 1.12 bits per heavy atom. The van der Waals surface area contributed by atoms with Crippen molar-refractivity contribution in [2.24, 2.45) is 5.92 Å². The zero-order valence-electron chi connectivity index (χ0n) is 13.1. The second-order valence-electron chi connectivity index (χ2n) is 5.65. The Morgan fingerprint density at radius 3 is 2.46 bits per heavy atom. The number of hydrogen-bond acceptors (Lipinski definition) is 2. The summed E-state index contributed by atoms with van der Waals surface area (Å²) >= 11 is 0. The maximum Gasteiger partial charge on any atom is 0.416 e. The Kier molecular flexibility index (Phi) is 5.62. The summed E-state index contributed by atoms with van der Waals surface area (Å²) in [5, 5.41) is 11.8. The summed E-state index contributed by atoms with van der Waals surface area (Å²) in [5.41, 5.74) is 0.945. The van der Waals surface area contributed by atoms with E-state index in [1.165, 1.54) is 6.07 Å². The highest BCUT2D eigenvalue weighted by Gasteiger charge is 2.30. The molecule has 0 aliphatic heterocycles. The van der Waals surface area contributed by atoms with Crippen molar-refractivity contribution in [1.82, 2.24) is 0 Å². The van der Waals surface area contributed by atoms with Crippen LogP contribution in [-0.4, -0.2) is 11.0 Å². The monoisotopic (exact) mass is 337 g/mol. The average Bonchev–Trinajstić information content (AvgIpc) is 2.54. The third-order valence-corrected chi connectivity index (χ3v) is 3.62. The smallest absolute Gasteiger partial charge is 0.392 e. The first-order valence-corrected chi connectivity index (χ1v) is 7.46. The standard InChI is InChI=1S/C18H18F3NO2/c1-12(8-13-4-2-6-15(9-13)18(19,20)21)17(24)22-16-7-3-5-14(10-16)11-23/h2-7,9-10,12,23H,8,11H2,1H3,(H,22,24). The van der Waals surface area contributed by atoms with Crippen LogP contribution in [0.4, 0.5) is 18.9 Å². The van der Waals surface area contributed by atoms with E-state index < -0.39 is 17.7 Å². The average molecular weight is 337 g/mol. The van der Waals surface area contributed by atoms with Crippen molar-refractivity contribution >= 4 is 11.6 Å². The van der Waals surface area contributed by atoms with Crippen LogP contribution in [0.2, 0.25) is 0 Å². The molecule has 0 saturated carbocycles. The first-order valence-electron chi connectivity index (χ1n) is 7.46. The van der Waals surface area contributed by atoms with E-state index >= 15 is 0 Å². The number of halogens is 3. The van der Waals surface area contributed by atoms with Gasteiger partial charge in [-0.05, 0) is 35.7 Å². The molecule has 1 unspecified atom stereocenters. The molecule has 0 radical (unpaired) electrons. The van der Waals surface area contributed by atoms with Gasteiger partial charge in [-0.25, -0.2) is 0 Å². The summed E-state index contributed by atoms with van der Waals surface area (Å²) in [6.45, 7) is 1.52. The molecule has 0 aliphatic carbocycles. The Labute approximate surface area is 138 Å². The highest BCUT2D eigenvalue weighted by atomic mass is 19.4. The molecule has 2 aromatic carbocycles. The lowest BCUT2D eigenvalue weighted by Crippen LogP contribution is -2.22. The van der Waals surface area contributed by atoms with Crippen LogP contribution in [-0.2, 0) is 24.0 Å². The van der Waals surface area contributed by atoms with Gasteiger partial charge in [0.15, 0.2) is 0 Å². The van der Waals surface area contributed by atoms with Gasteiger partial charge in [-0.1, -0.05) is 37.3 Å². The number of nitrogens with one attached hydrogen (secondary N) is 1. The minimum atomic E-state index is -4.40. The largest absolute Gasteiger partial charge is 0.416 e. The van der Waals surface area contributed by atoms with Gasteiger partial charge in [-0.15, -0.1) is 0 Å². The van der Waals surface area contributed by atoms with Crippen molar-refractivity contribution < 1.29 is 23.1 Å². The number of rotatable bonds is 5. The van der Waals surface area contributed by atoms with Crippen LogP contribution in [0.1, 0.15) is 23.6 Å². The zero-order chi connectivity index (χ0) is 17.7. The predicted octanol–water partition coefficient (Wildman–Crippen LogP) is 4.02. The second kappa shape index (κ2) is 7.49. The Balaban J connectivity index is 2.03. The number of anilines is 1. The summed E-state index contributed by atoms with van der Waals surface area (Å²) < 4.78 is 38.2. The summed E-state index contributed by atoms with van der Waals surface area (Å²) in [4.78, 5) is 12.2. The third kappa shape index (κ3) is 4.83. The van der Waals surface area contributed by atoms with Crippen molar-refractivity contribution in [3.05, 3.63) is 65.2 Å².